The van der Waals surface area contributed by atoms with Crippen LogP contribution in [0.5, 0.6) is 0 Å². The molecule has 0 spiro atoms. The third-order valence-corrected chi connectivity index (χ3v) is 4.22. The minimum atomic E-state index is 0.264. The summed E-state index contributed by atoms with van der Waals surface area (Å²) in [4.78, 5) is 18.7. The molecule has 0 aliphatic carbocycles. The topological polar surface area (TPSA) is 80.3 Å². The van der Waals surface area contributed by atoms with Gasteiger partial charge in [0.15, 0.2) is 0 Å². The van der Waals surface area contributed by atoms with E-state index in [4.69, 9.17) is 5.73 Å². The predicted molar refractivity (Wildman–Crippen MR) is 74.6 cm³/mol. The average molecular weight is 270 g/mol. The van der Waals surface area contributed by atoms with Crippen molar-refractivity contribution in [1.82, 2.24) is 15.0 Å². The Morgan fingerprint density at radius 3 is 2.82 bits per heavy atom. The summed E-state index contributed by atoms with van der Waals surface area (Å²) < 4.78 is 1.11. The maximum Gasteiger partial charge on any atom is 0.229 e. The first-order valence-corrected chi connectivity index (χ1v) is 7.10. The monoisotopic (exact) mass is 270 g/mol. The van der Waals surface area contributed by atoms with E-state index >= 15 is 0 Å². The molecular weight excluding hydrogens is 256 g/mol. The maximum atomic E-state index is 5.65. The summed E-state index contributed by atoms with van der Waals surface area (Å²) in [7, 11) is 3.76. The van der Waals surface area contributed by atoms with Crippen molar-refractivity contribution >= 4 is 39.8 Å². The molecule has 17 heavy (non-hydrogen) atoms. The fraction of sp³-hybridized carbons (Fsp3) is 0.556. The highest BCUT2D eigenvalue weighted by Crippen LogP contribution is 2.24. The van der Waals surface area contributed by atoms with Crippen LogP contribution in [-0.2, 0) is 5.75 Å². The molecule has 6 nitrogen and oxygen atoms in total. The number of anilines is 2. The third-order valence-electron chi connectivity index (χ3n) is 1.97. The van der Waals surface area contributed by atoms with E-state index in [1.54, 1.807) is 23.5 Å². The number of hydrogen-bond donors (Lipinski definition) is 1. The molecule has 2 rings (SSSR count). The standard InChI is InChI=1S/C9H14N6S2/c1-15(2)8-13-6(12-7(10)14-8)5-17-9-11-3-4-16-9/h3-5H2,1-2H3,(H2,10,12,13,14). The normalized spacial score (nSPS) is 14.8. The predicted octanol–water partition coefficient (Wildman–Crippen LogP) is 0.856. The summed E-state index contributed by atoms with van der Waals surface area (Å²) in [6.07, 6.45) is 0. The maximum absolute atomic E-state index is 5.65. The number of aliphatic imine (C=N–C) groups is 1. The van der Waals surface area contributed by atoms with Crippen molar-refractivity contribution < 1.29 is 0 Å². The van der Waals surface area contributed by atoms with Gasteiger partial charge in [0, 0.05) is 19.8 Å². The summed E-state index contributed by atoms with van der Waals surface area (Å²) in [6.45, 7) is 0.912. The van der Waals surface area contributed by atoms with Gasteiger partial charge in [0.2, 0.25) is 11.9 Å². The fourth-order valence-electron chi connectivity index (χ4n) is 1.22. The Labute approximate surface area is 109 Å². The van der Waals surface area contributed by atoms with Gasteiger partial charge in [-0.3, -0.25) is 4.99 Å². The lowest BCUT2D eigenvalue weighted by Crippen LogP contribution is -2.16. The summed E-state index contributed by atoms with van der Waals surface area (Å²) >= 11 is 3.43. The van der Waals surface area contributed by atoms with E-state index in [2.05, 4.69) is 19.9 Å². The molecule has 2 heterocycles. The van der Waals surface area contributed by atoms with E-state index in [1.165, 1.54) is 0 Å². The molecule has 0 radical (unpaired) electrons. The van der Waals surface area contributed by atoms with Gasteiger partial charge in [0.05, 0.1) is 12.3 Å². The van der Waals surface area contributed by atoms with Crippen molar-refractivity contribution in [3.63, 3.8) is 0 Å². The first-order valence-electron chi connectivity index (χ1n) is 5.13. The molecule has 0 amide bonds. The zero-order chi connectivity index (χ0) is 12.3. The summed E-state index contributed by atoms with van der Waals surface area (Å²) in [5, 5.41) is 0. The van der Waals surface area contributed by atoms with Gasteiger partial charge < -0.3 is 10.6 Å². The van der Waals surface area contributed by atoms with Crippen LogP contribution in [0.3, 0.4) is 0 Å². The van der Waals surface area contributed by atoms with Crippen LogP contribution in [0.15, 0.2) is 4.99 Å². The van der Waals surface area contributed by atoms with Gasteiger partial charge in [0.1, 0.15) is 10.2 Å². The van der Waals surface area contributed by atoms with Crippen molar-refractivity contribution in [3.05, 3.63) is 5.82 Å². The molecule has 0 saturated heterocycles. The van der Waals surface area contributed by atoms with Gasteiger partial charge in [-0.15, -0.1) is 0 Å². The third kappa shape index (κ3) is 3.47. The van der Waals surface area contributed by atoms with Crippen LogP contribution in [0.1, 0.15) is 5.82 Å². The first kappa shape index (κ1) is 12.4. The molecule has 0 aromatic carbocycles. The van der Waals surface area contributed by atoms with Gasteiger partial charge in [0.25, 0.3) is 0 Å². The Morgan fingerprint density at radius 1 is 1.35 bits per heavy atom. The first-order chi connectivity index (χ1) is 8.15. The lowest BCUT2D eigenvalue weighted by atomic mass is 10.6. The highest BCUT2D eigenvalue weighted by Gasteiger charge is 2.11. The van der Waals surface area contributed by atoms with Crippen LogP contribution < -0.4 is 10.6 Å². The summed E-state index contributed by atoms with van der Waals surface area (Å²) in [6, 6.07) is 0. The van der Waals surface area contributed by atoms with Gasteiger partial charge in [-0.2, -0.15) is 15.0 Å². The molecule has 0 fully saturated rings. The fourth-order valence-corrected chi connectivity index (χ4v) is 3.08. The highest BCUT2D eigenvalue weighted by molar-refractivity contribution is 8.38. The Morgan fingerprint density at radius 2 is 2.18 bits per heavy atom. The molecule has 92 valence electrons. The Hall–Kier alpha value is -1.02. The molecule has 0 unspecified atom stereocenters. The second-order valence-corrected chi connectivity index (χ2v) is 5.90. The van der Waals surface area contributed by atoms with Crippen LogP contribution >= 0.6 is 23.5 Å². The largest absolute Gasteiger partial charge is 0.368 e. The van der Waals surface area contributed by atoms with E-state index in [1.807, 2.05) is 19.0 Å². The molecule has 1 aliphatic heterocycles. The number of thioether (sulfide) groups is 2. The second-order valence-electron chi connectivity index (χ2n) is 3.59. The van der Waals surface area contributed by atoms with E-state index in [9.17, 15) is 0 Å². The molecule has 8 heteroatoms. The molecule has 1 aliphatic rings. The average Bonchev–Trinajstić information content (AvgIpc) is 2.78. The van der Waals surface area contributed by atoms with Crippen LogP contribution in [0.25, 0.3) is 0 Å². The SMILES string of the molecule is CN(C)c1nc(N)nc(CSC2=NCCS2)n1. The van der Waals surface area contributed by atoms with E-state index < -0.39 is 0 Å². The minimum absolute atomic E-state index is 0.264. The van der Waals surface area contributed by atoms with Crippen molar-refractivity contribution in [3.8, 4) is 0 Å². The minimum Gasteiger partial charge on any atom is -0.368 e. The number of rotatable bonds is 3. The number of aromatic nitrogens is 3. The Balaban J connectivity index is 2.04. The zero-order valence-electron chi connectivity index (χ0n) is 9.75. The number of nitrogens with zero attached hydrogens (tertiary/aromatic N) is 5. The van der Waals surface area contributed by atoms with Gasteiger partial charge >= 0.3 is 0 Å². The van der Waals surface area contributed by atoms with Gasteiger partial charge in [-0.05, 0) is 0 Å². The molecular formula is C9H14N6S2. The molecule has 1 aromatic rings. The number of hydrogen-bond acceptors (Lipinski definition) is 8. The van der Waals surface area contributed by atoms with E-state index in [0.717, 1.165) is 16.7 Å². The molecule has 0 saturated carbocycles. The lowest BCUT2D eigenvalue weighted by Gasteiger charge is -2.11. The quantitative estimate of drug-likeness (QED) is 0.872. The number of nitrogens with two attached hydrogens (primary N) is 1. The van der Waals surface area contributed by atoms with Gasteiger partial charge in [-0.1, -0.05) is 23.5 Å². The Kier molecular flexibility index (Phi) is 4.06. The number of nitrogen functional groups attached to an aromatic ring is 1. The van der Waals surface area contributed by atoms with Crippen LogP contribution in [0, 0.1) is 0 Å². The van der Waals surface area contributed by atoms with Crippen LogP contribution in [0.2, 0.25) is 0 Å². The van der Waals surface area contributed by atoms with E-state index in [-0.39, 0.29) is 5.95 Å². The van der Waals surface area contributed by atoms with Crippen molar-refractivity contribution in [1.29, 1.82) is 0 Å². The summed E-state index contributed by atoms with van der Waals surface area (Å²) in [5.74, 6) is 3.31. The van der Waals surface area contributed by atoms with Crippen molar-refractivity contribution in [2.24, 2.45) is 4.99 Å². The highest BCUT2D eigenvalue weighted by atomic mass is 32.2. The van der Waals surface area contributed by atoms with Crippen molar-refractivity contribution in [2.45, 2.75) is 5.75 Å². The molecule has 0 bridgehead atoms. The molecule has 1 aromatic heterocycles. The molecule has 2 N–H and O–H groups in total. The Bertz CT molecular complexity index is 433. The second kappa shape index (κ2) is 5.54. The van der Waals surface area contributed by atoms with Crippen LogP contribution in [0.4, 0.5) is 11.9 Å². The summed E-state index contributed by atoms with van der Waals surface area (Å²) in [5.41, 5.74) is 5.65. The lowest BCUT2D eigenvalue weighted by molar-refractivity contribution is 0.920. The van der Waals surface area contributed by atoms with Crippen LogP contribution in [-0.4, -0.2) is 45.7 Å². The smallest absolute Gasteiger partial charge is 0.229 e. The molecule has 0 atom stereocenters. The zero-order valence-corrected chi connectivity index (χ0v) is 11.4. The van der Waals surface area contributed by atoms with Gasteiger partial charge in [-0.25, -0.2) is 0 Å². The van der Waals surface area contributed by atoms with Crippen molar-refractivity contribution in [2.75, 3.05) is 37.0 Å². The van der Waals surface area contributed by atoms with E-state index in [0.29, 0.717) is 17.5 Å².